The van der Waals surface area contributed by atoms with Crippen LogP contribution in [0.3, 0.4) is 0 Å². The molecule has 2 aliphatic rings. The number of pyridine rings is 1. The van der Waals surface area contributed by atoms with Gasteiger partial charge in [-0.3, -0.25) is 14.7 Å². The SMILES string of the molecule is O=C(Nc1ccc2c(c1)CCN(C1CCC1)CC2)c1ccc(-c2ccc(F)cc2)cn1. The third kappa shape index (κ3) is 4.37. The lowest BCUT2D eigenvalue weighted by atomic mass is 9.91. The van der Waals surface area contributed by atoms with Gasteiger partial charge in [0.25, 0.3) is 5.91 Å². The van der Waals surface area contributed by atoms with E-state index in [9.17, 15) is 9.18 Å². The largest absolute Gasteiger partial charge is 0.321 e. The Morgan fingerprint density at radius 1 is 0.935 bits per heavy atom. The zero-order valence-electron chi connectivity index (χ0n) is 17.5. The van der Waals surface area contributed by atoms with Crippen molar-refractivity contribution in [3.05, 3.63) is 83.4 Å². The van der Waals surface area contributed by atoms with Crippen LogP contribution in [-0.4, -0.2) is 34.9 Å². The van der Waals surface area contributed by atoms with Gasteiger partial charge in [-0.05, 0) is 72.7 Å². The van der Waals surface area contributed by atoms with Crippen LogP contribution in [0, 0.1) is 5.82 Å². The molecule has 1 saturated carbocycles. The number of hydrogen-bond acceptors (Lipinski definition) is 3. The fraction of sp³-hybridized carbons (Fsp3) is 0.308. The number of rotatable bonds is 4. The normalized spacial score (nSPS) is 16.8. The molecule has 1 fully saturated rings. The first-order valence-corrected chi connectivity index (χ1v) is 11.0. The molecule has 4 nitrogen and oxygen atoms in total. The van der Waals surface area contributed by atoms with Gasteiger partial charge in [-0.25, -0.2) is 4.39 Å². The molecule has 0 spiro atoms. The maximum absolute atomic E-state index is 13.1. The van der Waals surface area contributed by atoms with Gasteiger partial charge in [-0.15, -0.1) is 0 Å². The number of carbonyl (C=O) groups excluding carboxylic acids is 1. The summed E-state index contributed by atoms with van der Waals surface area (Å²) in [4.78, 5) is 19.6. The molecule has 31 heavy (non-hydrogen) atoms. The highest BCUT2D eigenvalue weighted by atomic mass is 19.1. The van der Waals surface area contributed by atoms with Gasteiger partial charge >= 0.3 is 0 Å². The van der Waals surface area contributed by atoms with Crippen molar-refractivity contribution in [2.75, 3.05) is 18.4 Å². The van der Waals surface area contributed by atoms with E-state index in [4.69, 9.17) is 0 Å². The zero-order chi connectivity index (χ0) is 21.2. The molecule has 1 aliphatic carbocycles. The second kappa shape index (κ2) is 8.60. The number of halogens is 1. The lowest BCUT2D eigenvalue weighted by Crippen LogP contribution is -2.41. The molecule has 158 valence electrons. The average molecular weight is 416 g/mol. The Bertz CT molecular complexity index is 1070. The number of carbonyl (C=O) groups is 1. The fourth-order valence-corrected chi connectivity index (χ4v) is 4.47. The van der Waals surface area contributed by atoms with Crippen LogP contribution in [0.4, 0.5) is 10.1 Å². The highest BCUT2D eigenvalue weighted by Crippen LogP contribution is 2.28. The van der Waals surface area contributed by atoms with Crippen LogP contribution < -0.4 is 5.32 Å². The molecule has 2 aromatic carbocycles. The molecule has 1 amide bonds. The molecule has 0 atom stereocenters. The van der Waals surface area contributed by atoms with Crippen LogP contribution in [0.15, 0.2) is 60.8 Å². The van der Waals surface area contributed by atoms with Gasteiger partial charge < -0.3 is 5.32 Å². The zero-order valence-corrected chi connectivity index (χ0v) is 17.5. The summed E-state index contributed by atoms with van der Waals surface area (Å²) in [5.41, 5.74) is 5.60. The third-order valence-corrected chi connectivity index (χ3v) is 6.57. The number of anilines is 1. The van der Waals surface area contributed by atoms with E-state index in [2.05, 4.69) is 27.3 Å². The number of fused-ring (bicyclic) bond motifs is 1. The quantitative estimate of drug-likeness (QED) is 0.645. The van der Waals surface area contributed by atoms with E-state index in [1.807, 2.05) is 12.1 Å². The predicted molar refractivity (Wildman–Crippen MR) is 121 cm³/mol. The molecule has 3 aromatic rings. The standard InChI is InChI=1S/C26H26FN3O/c27-22-8-4-18(5-9-22)21-7-11-25(28-17-21)26(31)29-23-10-6-19-12-14-30(24-2-1-3-24)15-13-20(19)16-23/h4-11,16-17,24H,1-3,12-15H2,(H,29,31). The van der Waals surface area contributed by atoms with E-state index in [1.54, 1.807) is 24.4 Å². The molecule has 5 heteroatoms. The molecular formula is C26H26FN3O. The van der Waals surface area contributed by atoms with Crippen molar-refractivity contribution in [1.82, 2.24) is 9.88 Å². The summed E-state index contributed by atoms with van der Waals surface area (Å²) < 4.78 is 13.1. The van der Waals surface area contributed by atoms with E-state index in [0.717, 1.165) is 48.8 Å². The first kappa shape index (κ1) is 19.9. The maximum atomic E-state index is 13.1. The van der Waals surface area contributed by atoms with E-state index in [0.29, 0.717) is 5.69 Å². The van der Waals surface area contributed by atoms with E-state index >= 15 is 0 Å². The van der Waals surface area contributed by atoms with Crippen molar-refractivity contribution < 1.29 is 9.18 Å². The minimum Gasteiger partial charge on any atom is -0.321 e. The van der Waals surface area contributed by atoms with Crippen LogP contribution in [0.2, 0.25) is 0 Å². The molecule has 1 N–H and O–H groups in total. The third-order valence-electron chi connectivity index (χ3n) is 6.57. The summed E-state index contributed by atoms with van der Waals surface area (Å²) in [6.45, 7) is 2.23. The van der Waals surface area contributed by atoms with Crippen LogP contribution in [0.5, 0.6) is 0 Å². The van der Waals surface area contributed by atoms with Crippen molar-refractivity contribution >= 4 is 11.6 Å². The van der Waals surface area contributed by atoms with Crippen LogP contribution >= 0.6 is 0 Å². The summed E-state index contributed by atoms with van der Waals surface area (Å²) >= 11 is 0. The first-order valence-electron chi connectivity index (χ1n) is 11.0. The van der Waals surface area contributed by atoms with Gasteiger partial charge in [0.1, 0.15) is 11.5 Å². The van der Waals surface area contributed by atoms with Crippen molar-refractivity contribution in [3.63, 3.8) is 0 Å². The van der Waals surface area contributed by atoms with Gasteiger partial charge in [0.15, 0.2) is 0 Å². The number of nitrogens with zero attached hydrogens (tertiary/aromatic N) is 2. The van der Waals surface area contributed by atoms with Gasteiger partial charge in [0.05, 0.1) is 0 Å². The van der Waals surface area contributed by atoms with Crippen LogP contribution in [0.25, 0.3) is 11.1 Å². The molecule has 1 aromatic heterocycles. The fourth-order valence-electron chi connectivity index (χ4n) is 4.47. The van der Waals surface area contributed by atoms with Gasteiger partial charge in [0.2, 0.25) is 0 Å². The van der Waals surface area contributed by atoms with Gasteiger partial charge in [-0.2, -0.15) is 0 Å². The Kier molecular flexibility index (Phi) is 5.51. The number of hydrogen-bond donors (Lipinski definition) is 1. The van der Waals surface area contributed by atoms with Crippen molar-refractivity contribution in [1.29, 1.82) is 0 Å². The smallest absolute Gasteiger partial charge is 0.274 e. The molecular weight excluding hydrogens is 389 g/mol. The summed E-state index contributed by atoms with van der Waals surface area (Å²) in [7, 11) is 0. The van der Waals surface area contributed by atoms with Gasteiger partial charge in [-0.1, -0.05) is 30.7 Å². The minimum atomic E-state index is -0.274. The Balaban J connectivity index is 1.25. The molecule has 5 rings (SSSR count). The molecule has 0 bridgehead atoms. The van der Waals surface area contributed by atoms with Crippen molar-refractivity contribution in [2.45, 2.75) is 38.1 Å². The minimum absolute atomic E-state index is 0.227. The number of benzene rings is 2. The Hall–Kier alpha value is -3.05. The van der Waals surface area contributed by atoms with E-state index < -0.39 is 0 Å². The topological polar surface area (TPSA) is 45.2 Å². The summed E-state index contributed by atoms with van der Waals surface area (Å²) in [5.74, 6) is -0.500. The lowest BCUT2D eigenvalue weighted by Gasteiger charge is -2.36. The Morgan fingerprint density at radius 2 is 1.68 bits per heavy atom. The number of amides is 1. The molecule has 0 saturated heterocycles. The number of aromatic nitrogens is 1. The summed E-state index contributed by atoms with van der Waals surface area (Å²) in [6.07, 6.45) is 7.79. The second-order valence-electron chi connectivity index (χ2n) is 8.50. The van der Waals surface area contributed by atoms with Gasteiger partial charge in [0, 0.05) is 36.6 Å². The Morgan fingerprint density at radius 3 is 2.35 bits per heavy atom. The molecule has 0 unspecified atom stereocenters. The van der Waals surface area contributed by atoms with Crippen LogP contribution in [-0.2, 0) is 12.8 Å². The monoisotopic (exact) mass is 415 g/mol. The summed E-state index contributed by atoms with van der Waals surface area (Å²) in [6, 6.07) is 16.8. The lowest BCUT2D eigenvalue weighted by molar-refractivity contribution is 0.102. The summed E-state index contributed by atoms with van der Waals surface area (Å²) in [5, 5.41) is 2.99. The maximum Gasteiger partial charge on any atom is 0.274 e. The molecule has 0 radical (unpaired) electrons. The van der Waals surface area contributed by atoms with E-state index in [-0.39, 0.29) is 11.7 Å². The second-order valence-corrected chi connectivity index (χ2v) is 8.50. The Labute approximate surface area is 182 Å². The predicted octanol–water partition coefficient (Wildman–Crippen LogP) is 5.09. The highest BCUT2D eigenvalue weighted by Gasteiger charge is 2.26. The molecule has 1 aliphatic heterocycles. The number of nitrogens with one attached hydrogen (secondary N) is 1. The average Bonchev–Trinajstić information content (AvgIpc) is 2.96. The first-order chi connectivity index (χ1) is 15.2. The van der Waals surface area contributed by atoms with E-state index in [1.165, 1.54) is 42.5 Å². The van der Waals surface area contributed by atoms with Crippen molar-refractivity contribution in [3.8, 4) is 11.1 Å². The van der Waals surface area contributed by atoms with Crippen LogP contribution in [0.1, 0.15) is 40.9 Å². The highest BCUT2D eigenvalue weighted by molar-refractivity contribution is 6.03. The van der Waals surface area contributed by atoms with Crippen molar-refractivity contribution in [2.24, 2.45) is 0 Å². The molecule has 2 heterocycles.